The van der Waals surface area contributed by atoms with E-state index in [0.717, 1.165) is 5.56 Å². The lowest BCUT2D eigenvalue weighted by Crippen LogP contribution is -2.16. The maximum Gasteiger partial charge on any atom is 0.293 e. The van der Waals surface area contributed by atoms with Gasteiger partial charge in [0, 0.05) is 6.07 Å². The van der Waals surface area contributed by atoms with E-state index in [1.54, 1.807) is 18.5 Å². The van der Waals surface area contributed by atoms with Crippen LogP contribution >= 0.6 is 23.1 Å². The second-order valence-corrected chi connectivity index (χ2v) is 6.26. The number of carbonyl (C=O) groups is 1. The number of nitro benzene ring substituents is 1. The molecule has 1 aromatic heterocycles. The van der Waals surface area contributed by atoms with Gasteiger partial charge in [0.2, 0.25) is 5.91 Å². The lowest BCUT2D eigenvalue weighted by Gasteiger charge is -2.10. The molecule has 1 aromatic carbocycles. The molecule has 2 aromatic rings. The summed E-state index contributed by atoms with van der Waals surface area (Å²) in [6, 6.07) is 3.06. The third kappa shape index (κ3) is 3.76. The molecule has 0 spiro atoms. The van der Waals surface area contributed by atoms with E-state index in [1.807, 2.05) is 6.92 Å². The highest BCUT2D eigenvalue weighted by molar-refractivity contribution is 8.01. The minimum absolute atomic E-state index is 0.104. The Morgan fingerprint density at radius 1 is 1.48 bits per heavy atom. The van der Waals surface area contributed by atoms with Crippen molar-refractivity contribution in [1.82, 2.24) is 10.2 Å². The molecular formula is C12H12N4O3S2. The van der Waals surface area contributed by atoms with Crippen molar-refractivity contribution in [3.8, 4) is 0 Å². The molecule has 1 amide bonds. The van der Waals surface area contributed by atoms with Crippen molar-refractivity contribution in [3.05, 3.63) is 38.9 Å². The largest absolute Gasteiger partial charge is 0.319 e. The van der Waals surface area contributed by atoms with Gasteiger partial charge in [-0.05, 0) is 25.0 Å². The zero-order chi connectivity index (χ0) is 15.4. The summed E-state index contributed by atoms with van der Waals surface area (Å²) >= 11 is 2.58. The van der Waals surface area contributed by atoms with Crippen LogP contribution in [0.2, 0.25) is 0 Å². The summed E-state index contributed by atoms with van der Waals surface area (Å²) in [6.07, 6.45) is 0. The van der Waals surface area contributed by atoms with E-state index in [0.29, 0.717) is 9.90 Å². The van der Waals surface area contributed by atoms with Crippen LogP contribution < -0.4 is 5.32 Å². The molecule has 9 heteroatoms. The first-order chi connectivity index (χ1) is 9.99. The highest BCUT2D eigenvalue weighted by Gasteiger charge is 2.19. The molecule has 1 N–H and O–H groups in total. The Morgan fingerprint density at radius 3 is 2.86 bits per heavy atom. The molecule has 0 bridgehead atoms. The van der Waals surface area contributed by atoms with Crippen LogP contribution in [-0.4, -0.2) is 26.8 Å². The normalized spacial score (nSPS) is 10.4. The summed E-state index contributed by atoms with van der Waals surface area (Å²) in [6.45, 7) is 3.58. The van der Waals surface area contributed by atoms with Crippen molar-refractivity contribution in [2.24, 2.45) is 0 Å². The summed E-state index contributed by atoms with van der Waals surface area (Å²) in [5, 5.41) is 21.2. The van der Waals surface area contributed by atoms with Gasteiger partial charge in [-0.25, -0.2) is 0 Å². The van der Waals surface area contributed by atoms with Crippen LogP contribution in [0.1, 0.15) is 11.1 Å². The molecule has 0 unspecified atom stereocenters. The van der Waals surface area contributed by atoms with Gasteiger partial charge in [-0.2, -0.15) is 0 Å². The van der Waals surface area contributed by atoms with Crippen LogP contribution in [0, 0.1) is 24.0 Å². The molecule has 7 nitrogen and oxygen atoms in total. The molecule has 0 aliphatic heterocycles. The lowest BCUT2D eigenvalue weighted by atomic mass is 10.1. The Kier molecular flexibility index (Phi) is 4.86. The zero-order valence-electron chi connectivity index (χ0n) is 11.3. The van der Waals surface area contributed by atoms with Crippen molar-refractivity contribution in [2.75, 3.05) is 11.1 Å². The average Bonchev–Trinajstić information content (AvgIpc) is 2.94. The fraction of sp³-hybridized carbons (Fsp3) is 0.250. The molecular weight excluding hydrogens is 312 g/mol. The third-order valence-corrected chi connectivity index (χ3v) is 4.70. The third-order valence-electron chi connectivity index (χ3n) is 2.84. The Morgan fingerprint density at radius 2 is 2.24 bits per heavy atom. The summed E-state index contributed by atoms with van der Waals surface area (Å²) in [7, 11) is 0. The first-order valence-corrected chi connectivity index (χ1v) is 7.79. The van der Waals surface area contributed by atoms with Crippen molar-refractivity contribution in [2.45, 2.75) is 18.2 Å². The molecule has 0 saturated carbocycles. The van der Waals surface area contributed by atoms with Crippen molar-refractivity contribution in [1.29, 1.82) is 0 Å². The van der Waals surface area contributed by atoms with Crippen LogP contribution in [0.15, 0.2) is 22.0 Å². The molecule has 0 aliphatic rings. The maximum atomic E-state index is 11.9. The second kappa shape index (κ2) is 6.64. The number of aromatic nitrogens is 2. The van der Waals surface area contributed by atoms with E-state index in [-0.39, 0.29) is 23.0 Å². The number of carbonyl (C=O) groups excluding carboxylic acids is 1. The quantitative estimate of drug-likeness (QED) is 0.516. The topological polar surface area (TPSA) is 98.0 Å². The van der Waals surface area contributed by atoms with E-state index in [4.69, 9.17) is 0 Å². The number of nitro groups is 1. The SMILES string of the molecule is Cc1ccc([N+](=O)[O-])c(NC(=O)CSc2nncs2)c1C. The first-order valence-electron chi connectivity index (χ1n) is 5.92. The number of rotatable bonds is 5. The number of amides is 1. The number of aryl methyl sites for hydroxylation is 1. The second-order valence-electron chi connectivity index (χ2n) is 4.20. The molecule has 1 heterocycles. The van der Waals surface area contributed by atoms with Crippen molar-refractivity contribution < 1.29 is 9.72 Å². The van der Waals surface area contributed by atoms with Gasteiger partial charge >= 0.3 is 0 Å². The summed E-state index contributed by atoms with van der Waals surface area (Å²) in [5.41, 5.74) is 3.30. The van der Waals surface area contributed by atoms with Gasteiger partial charge < -0.3 is 5.32 Å². The van der Waals surface area contributed by atoms with Crippen molar-refractivity contribution in [3.63, 3.8) is 0 Å². The molecule has 0 saturated heterocycles. The van der Waals surface area contributed by atoms with Crippen LogP contribution in [0.3, 0.4) is 0 Å². The average molecular weight is 324 g/mol. The van der Waals surface area contributed by atoms with Crippen LogP contribution in [-0.2, 0) is 4.79 Å². The molecule has 0 radical (unpaired) electrons. The number of anilines is 1. The van der Waals surface area contributed by atoms with Gasteiger partial charge in [0.15, 0.2) is 4.34 Å². The smallest absolute Gasteiger partial charge is 0.293 e. The summed E-state index contributed by atoms with van der Waals surface area (Å²) in [4.78, 5) is 22.5. The minimum Gasteiger partial charge on any atom is -0.319 e. The predicted octanol–water partition coefficient (Wildman–Crippen LogP) is 2.79. The highest BCUT2D eigenvalue weighted by Crippen LogP contribution is 2.30. The number of hydrogen-bond donors (Lipinski definition) is 1. The van der Waals surface area contributed by atoms with E-state index in [1.165, 1.54) is 29.2 Å². The van der Waals surface area contributed by atoms with Crippen LogP contribution in [0.25, 0.3) is 0 Å². The van der Waals surface area contributed by atoms with Gasteiger partial charge in [0.05, 0.1) is 10.7 Å². The lowest BCUT2D eigenvalue weighted by molar-refractivity contribution is -0.384. The van der Waals surface area contributed by atoms with Crippen molar-refractivity contribution >= 4 is 40.4 Å². The number of benzene rings is 1. The van der Waals surface area contributed by atoms with E-state index in [2.05, 4.69) is 15.5 Å². The fourth-order valence-corrected chi connectivity index (χ4v) is 2.93. The van der Waals surface area contributed by atoms with Gasteiger partial charge in [0.25, 0.3) is 5.69 Å². The van der Waals surface area contributed by atoms with E-state index in [9.17, 15) is 14.9 Å². The Labute approximate surface area is 128 Å². The summed E-state index contributed by atoms with van der Waals surface area (Å²) in [5.74, 6) is -0.188. The zero-order valence-corrected chi connectivity index (χ0v) is 13.0. The maximum absolute atomic E-state index is 11.9. The monoisotopic (exact) mass is 324 g/mol. The Hall–Kier alpha value is -2.00. The summed E-state index contributed by atoms with van der Waals surface area (Å²) < 4.78 is 0.681. The molecule has 0 atom stereocenters. The standard InChI is InChI=1S/C12H12N4O3S2/c1-7-3-4-9(16(18)19)11(8(7)2)14-10(17)5-20-12-15-13-6-21-12/h3-4,6H,5H2,1-2H3,(H,14,17). The van der Waals surface area contributed by atoms with Gasteiger partial charge in [-0.3, -0.25) is 14.9 Å². The predicted molar refractivity (Wildman–Crippen MR) is 81.8 cm³/mol. The van der Waals surface area contributed by atoms with E-state index >= 15 is 0 Å². The van der Waals surface area contributed by atoms with Gasteiger partial charge in [-0.15, -0.1) is 10.2 Å². The Balaban J connectivity index is 2.12. The first kappa shape index (κ1) is 15.4. The number of hydrogen-bond acceptors (Lipinski definition) is 7. The molecule has 21 heavy (non-hydrogen) atoms. The molecule has 110 valence electrons. The van der Waals surface area contributed by atoms with E-state index < -0.39 is 4.92 Å². The molecule has 2 rings (SSSR count). The van der Waals surface area contributed by atoms with Crippen LogP contribution in [0.4, 0.5) is 11.4 Å². The Bertz CT molecular complexity index is 673. The number of thioether (sulfide) groups is 1. The minimum atomic E-state index is -0.500. The highest BCUT2D eigenvalue weighted by atomic mass is 32.2. The van der Waals surface area contributed by atoms with Gasteiger partial charge in [-0.1, -0.05) is 29.2 Å². The van der Waals surface area contributed by atoms with Gasteiger partial charge in [0.1, 0.15) is 11.2 Å². The molecule has 0 aliphatic carbocycles. The number of nitrogens with one attached hydrogen (secondary N) is 1. The van der Waals surface area contributed by atoms with Crippen LogP contribution in [0.5, 0.6) is 0 Å². The molecule has 0 fully saturated rings. The fourth-order valence-electron chi connectivity index (χ4n) is 1.64. The number of nitrogens with zero attached hydrogens (tertiary/aromatic N) is 3.